The van der Waals surface area contributed by atoms with Crippen LogP contribution in [0.1, 0.15) is 58.2 Å². The molecular formula is C14H24N4O. The van der Waals surface area contributed by atoms with Crippen LogP contribution in [0.25, 0.3) is 0 Å². The SMILES string of the molecule is CC(C)c1nc(NN)cc(OC2CCCCC2C)n1. The maximum Gasteiger partial charge on any atom is 0.219 e. The first-order chi connectivity index (χ1) is 9.10. The lowest BCUT2D eigenvalue weighted by atomic mass is 9.88. The van der Waals surface area contributed by atoms with E-state index in [1.807, 2.05) is 0 Å². The molecule has 0 spiro atoms. The first-order valence-corrected chi connectivity index (χ1v) is 7.12. The third-order valence-corrected chi connectivity index (χ3v) is 3.69. The highest BCUT2D eigenvalue weighted by atomic mass is 16.5. The van der Waals surface area contributed by atoms with Crippen LogP contribution in [0, 0.1) is 5.92 Å². The van der Waals surface area contributed by atoms with Crippen LogP contribution >= 0.6 is 0 Å². The number of aromatic nitrogens is 2. The fraction of sp³-hybridized carbons (Fsp3) is 0.714. The minimum Gasteiger partial charge on any atom is -0.474 e. The first kappa shape index (κ1) is 14.1. The minimum atomic E-state index is 0.249. The zero-order valence-electron chi connectivity index (χ0n) is 12.0. The lowest BCUT2D eigenvalue weighted by molar-refractivity contribution is 0.0971. The van der Waals surface area contributed by atoms with Crippen molar-refractivity contribution in [3.63, 3.8) is 0 Å². The van der Waals surface area contributed by atoms with Gasteiger partial charge in [-0.25, -0.2) is 10.8 Å². The molecule has 1 heterocycles. The molecule has 5 heteroatoms. The zero-order chi connectivity index (χ0) is 13.8. The molecule has 0 aromatic carbocycles. The van der Waals surface area contributed by atoms with Crippen molar-refractivity contribution < 1.29 is 4.74 Å². The second-order valence-corrected chi connectivity index (χ2v) is 5.67. The quantitative estimate of drug-likeness (QED) is 0.646. The second kappa shape index (κ2) is 6.19. The molecule has 0 saturated heterocycles. The van der Waals surface area contributed by atoms with Gasteiger partial charge in [-0.2, -0.15) is 4.98 Å². The average Bonchev–Trinajstić information content (AvgIpc) is 2.41. The van der Waals surface area contributed by atoms with Crippen LogP contribution in [0.15, 0.2) is 6.07 Å². The van der Waals surface area contributed by atoms with E-state index >= 15 is 0 Å². The second-order valence-electron chi connectivity index (χ2n) is 5.67. The molecule has 1 aliphatic rings. The molecule has 1 fully saturated rings. The van der Waals surface area contributed by atoms with Gasteiger partial charge in [0.25, 0.3) is 0 Å². The largest absolute Gasteiger partial charge is 0.474 e. The highest BCUT2D eigenvalue weighted by Crippen LogP contribution is 2.28. The molecule has 5 nitrogen and oxygen atoms in total. The van der Waals surface area contributed by atoms with Gasteiger partial charge in [-0.05, 0) is 25.2 Å². The fourth-order valence-corrected chi connectivity index (χ4v) is 2.45. The van der Waals surface area contributed by atoms with E-state index in [0.29, 0.717) is 17.6 Å². The van der Waals surface area contributed by atoms with E-state index in [-0.39, 0.29) is 12.0 Å². The lowest BCUT2D eigenvalue weighted by Gasteiger charge is -2.29. The van der Waals surface area contributed by atoms with Gasteiger partial charge in [-0.3, -0.25) is 0 Å². The Hall–Kier alpha value is -1.36. The summed E-state index contributed by atoms with van der Waals surface area (Å²) in [5.74, 6) is 8.28. The van der Waals surface area contributed by atoms with E-state index in [1.54, 1.807) is 6.07 Å². The van der Waals surface area contributed by atoms with E-state index in [2.05, 4.69) is 36.2 Å². The summed E-state index contributed by atoms with van der Waals surface area (Å²) in [7, 11) is 0. The summed E-state index contributed by atoms with van der Waals surface area (Å²) in [5.41, 5.74) is 2.58. The smallest absolute Gasteiger partial charge is 0.219 e. The number of rotatable bonds is 4. The predicted octanol–water partition coefficient (Wildman–Crippen LogP) is 2.84. The Bertz CT molecular complexity index is 422. The van der Waals surface area contributed by atoms with Crippen LogP contribution in [0.3, 0.4) is 0 Å². The number of anilines is 1. The number of nitrogens with two attached hydrogens (primary N) is 1. The number of hydrazine groups is 1. The van der Waals surface area contributed by atoms with Crippen LogP contribution < -0.4 is 16.0 Å². The molecule has 19 heavy (non-hydrogen) atoms. The van der Waals surface area contributed by atoms with E-state index < -0.39 is 0 Å². The Balaban J connectivity index is 2.16. The number of hydrogen-bond acceptors (Lipinski definition) is 5. The van der Waals surface area contributed by atoms with Crippen molar-refractivity contribution in [1.82, 2.24) is 9.97 Å². The molecule has 106 valence electrons. The summed E-state index contributed by atoms with van der Waals surface area (Å²) in [6.07, 6.45) is 5.13. The summed E-state index contributed by atoms with van der Waals surface area (Å²) < 4.78 is 6.05. The molecule has 0 bridgehead atoms. The van der Waals surface area contributed by atoms with Crippen molar-refractivity contribution in [2.75, 3.05) is 5.43 Å². The highest BCUT2D eigenvalue weighted by Gasteiger charge is 2.23. The molecule has 2 unspecified atom stereocenters. The summed E-state index contributed by atoms with van der Waals surface area (Å²) in [6, 6.07) is 1.77. The molecule has 1 saturated carbocycles. The molecule has 0 aliphatic heterocycles. The van der Waals surface area contributed by atoms with Gasteiger partial charge in [0.1, 0.15) is 17.7 Å². The molecular weight excluding hydrogens is 240 g/mol. The van der Waals surface area contributed by atoms with Crippen LogP contribution in [0.5, 0.6) is 5.88 Å². The predicted molar refractivity (Wildman–Crippen MR) is 76.0 cm³/mol. The Labute approximate surface area is 114 Å². The number of nitrogens with zero attached hydrogens (tertiary/aromatic N) is 2. The average molecular weight is 264 g/mol. The van der Waals surface area contributed by atoms with Crippen molar-refractivity contribution >= 4 is 5.82 Å². The van der Waals surface area contributed by atoms with E-state index in [9.17, 15) is 0 Å². The van der Waals surface area contributed by atoms with Gasteiger partial charge in [0.05, 0.1) is 0 Å². The van der Waals surface area contributed by atoms with Crippen LogP contribution in [0.2, 0.25) is 0 Å². The normalized spacial score (nSPS) is 23.4. The number of nitrogens with one attached hydrogen (secondary N) is 1. The van der Waals surface area contributed by atoms with E-state index in [1.165, 1.54) is 19.3 Å². The first-order valence-electron chi connectivity index (χ1n) is 7.12. The maximum absolute atomic E-state index is 6.05. The Morgan fingerprint density at radius 2 is 2.05 bits per heavy atom. The van der Waals surface area contributed by atoms with Gasteiger partial charge < -0.3 is 10.2 Å². The third-order valence-electron chi connectivity index (χ3n) is 3.69. The number of ether oxygens (including phenoxy) is 1. The van der Waals surface area contributed by atoms with Gasteiger partial charge >= 0.3 is 0 Å². The summed E-state index contributed by atoms with van der Waals surface area (Å²) in [5, 5.41) is 0. The van der Waals surface area contributed by atoms with Gasteiger partial charge in [-0.1, -0.05) is 27.2 Å². The molecule has 0 radical (unpaired) electrons. The molecule has 1 aliphatic carbocycles. The summed E-state index contributed by atoms with van der Waals surface area (Å²) >= 11 is 0. The summed E-state index contributed by atoms with van der Waals surface area (Å²) in [4.78, 5) is 8.82. The van der Waals surface area contributed by atoms with Crippen molar-refractivity contribution in [3.8, 4) is 5.88 Å². The van der Waals surface area contributed by atoms with Crippen molar-refractivity contribution in [2.45, 2.75) is 58.5 Å². The molecule has 3 N–H and O–H groups in total. The van der Waals surface area contributed by atoms with Gasteiger partial charge in [0, 0.05) is 12.0 Å². The van der Waals surface area contributed by atoms with E-state index in [0.717, 1.165) is 12.2 Å². The van der Waals surface area contributed by atoms with Crippen molar-refractivity contribution in [2.24, 2.45) is 11.8 Å². The Kier molecular flexibility index (Phi) is 4.58. The van der Waals surface area contributed by atoms with E-state index in [4.69, 9.17) is 10.6 Å². The van der Waals surface area contributed by atoms with Crippen molar-refractivity contribution in [3.05, 3.63) is 11.9 Å². The minimum absolute atomic E-state index is 0.249. The van der Waals surface area contributed by atoms with Gasteiger partial charge in [-0.15, -0.1) is 0 Å². The number of hydrogen-bond donors (Lipinski definition) is 2. The Morgan fingerprint density at radius 3 is 2.68 bits per heavy atom. The van der Waals surface area contributed by atoms with Crippen LogP contribution in [-0.2, 0) is 0 Å². The topological polar surface area (TPSA) is 73.1 Å². The molecule has 0 amide bonds. The summed E-state index contributed by atoms with van der Waals surface area (Å²) in [6.45, 7) is 6.36. The maximum atomic E-state index is 6.05. The molecule has 1 aromatic rings. The van der Waals surface area contributed by atoms with Crippen molar-refractivity contribution in [1.29, 1.82) is 0 Å². The monoisotopic (exact) mass is 264 g/mol. The lowest BCUT2D eigenvalue weighted by Crippen LogP contribution is -2.28. The van der Waals surface area contributed by atoms with Crippen LogP contribution in [-0.4, -0.2) is 16.1 Å². The molecule has 1 aromatic heterocycles. The molecule has 2 atom stereocenters. The van der Waals surface area contributed by atoms with Gasteiger partial charge in [0.2, 0.25) is 5.88 Å². The standard InChI is InChI=1S/C14H24N4O/c1-9(2)14-16-12(18-15)8-13(17-14)19-11-7-5-4-6-10(11)3/h8-11H,4-7,15H2,1-3H3,(H,16,17,18). The fourth-order valence-electron chi connectivity index (χ4n) is 2.45. The molecule has 2 rings (SSSR count). The van der Waals surface area contributed by atoms with Gasteiger partial charge in [0.15, 0.2) is 0 Å². The zero-order valence-corrected chi connectivity index (χ0v) is 12.0. The van der Waals surface area contributed by atoms with Crippen LogP contribution in [0.4, 0.5) is 5.82 Å². The third kappa shape index (κ3) is 3.56. The Morgan fingerprint density at radius 1 is 1.32 bits per heavy atom. The highest BCUT2D eigenvalue weighted by molar-refractivity contribution is 5.37. The number of nitrogen functional groups attached to an aromatic ring is 1.